The number of fused-ring (bicyclic) bond motifs is 1. The van der Waals surface area contributed by atoms with E-state index < -0.39 is 11.6 Å². The molecule has 8 rings (SSSR count). The molecule has 0 aromatic heterocycles. The second-order valence-electron chi connectivity index (χ2n) is 17.9. The average molecular weight is 1060 g/mol. The SMILES string of the molecule is O=C1OC(C=C(c2ccccc2)c2ccc(NCCOCCC3CCCCC3)cc2)(C=C(c2ccccc2)c2ccc(NCCOCCC3CCCCC3)cc2)c2c(Br)c(Cl)c(Cl)c(Br)c21. The molecule has 0 spiro atoms. The van der Waals surface area contributed by atoms with Crippen molar-refractivity contribution in [3.05, 3.63) is 174 Å². The second kappa shape index (κ2) is 23.9. The zero-order valence-corrected chi connectivity index (χ0v) is 42.3. The molecule has 66 heavy (non-hydrogen) atoms. The molecule has 346 valence electrons. The lowest BCUT2D eigenvalue weighted by molar-refractivity contribution is 0.0298. The van der Waals surface area contributed by atoms with Gasteiger partial charge in [0.25, 0.3) is 0 Å². The molecule has 3 aliphatic rings. The highest BCUT2D eigenvalue weighted by Gasteiger charge is 2.48. The van der Waals surface area contributed by atoms with Crippen molar-refractivity contribution in [1.29, 1.82) is 0 Å². The molecule has 5 aromatic rings. The number of cyclic esters (lactones) is 1. The van der Waals surface area contributed by atoms with Gasteiger partial charge in [-0.05, 0) is 126 Å². The molecule has 1 heterocycles. The van der Waals surface area contributed by atoms with Gasteiger partial charge in [0.05, 0.1) is 33.3 Å². The molecule has 2 fully saturated rings. The molecule has 0 atom stereocenters. The van der Waals surface area contributed by atoms with E-state index in [1.807, 2.05) is 48.6 Å². The normalized spacial score (nSPS) is 18.3. The summed E-state index contributed by atoms with van der Waals surface area (Å²) in [6, 6.07) is 37.1. The van der Waals surface area contributed by atoms with Crippen molar-refractivity contribution in [3.63, 3.8) is 0 Å². The summed E-state index contributed by atoms with van der Waals surface area (Å²) in [6.45, 7) is 4.36. The van der Waals surface area contributed by atoms with Crippen LogP contribution in [0.4, 0.5) is 11.4 Å². The Balaban J connectivity index is 1.11. The van der Waals surface area contributed by atoms with Crippen LogP contribution in [-0.4, -0.2) is 45.5 Å². The van der Waals surface area contributed by atoms with Gasteiger partial charge in [-0.15, -0.1) is 0 Å². The minimum Gasteiger partial charge on any atom is -0.442 e. The van der Waals surface area contributed by atoms with Crippen LogP contribution in [0, 0.1) is 11.8 Å². The molecule has 10 heteroatoms. The first kappa shape index (κ1) is 48.6. The Kier molecular flexibility index (Phi) is 17.6. The Labute approximate surface area is 418 Å². The Hall–Kier alpha value is -3.89. The van der Waals surface area contributed by atoms with Crippen LogP contribution in [0.1, 0.15) is 115 Å². The highest BCUT2D eigenvalue weighted by atomic mass is 79.9. The van der Waals surface area contributed by atoms with Crippen molar-refractivity contribution >= 4 is 83.6 Å². The highest BCUT2D eigenvalue weighted by molar-refractivity contribution is 9.11. The van der Waals surface area contributed by atoms with Gasteiger partial charge >= 0.3 is 5.97 Å². The van der Waals surface area contributed by atoms with Crippen molar-refractivity contribution in [2.75, 3.05) is 50.2 Å². The standard InChI is InChI=1S/C56H60Br2Cl2N2O4/c57-51-49-50(52(58)54(60)53(51)59)56(66-55(49)63,37-47(41-17-9-3-10-18-41)43-21-25-45(26-22-43)61-31-35-64-33-29-39-13-5-1-6-14-39)38-48(42-19-11-4-12-20-42)44-23-27-46(28-24-44)62-32-36-65-34-30-40-15-7-2-8-16-40/h3-4,9-12,17-28,37-40,61-62H,1-2,5-8,13-16,29-36H2. The minimum atomic E-state index is -1.46. The van der Waals surface area contributed by atoms with Crippen LogP contribution in [0.15, 0.2) is 130 Å². The maximum absolute atomic E-state index is 14.3. The number of ether oxygens (including phenoxy) is 3. The summed E-state index contributed by atoms with van der Waals surface area (Å²) in [6.07, 6.45) is 19.9. The van der Waals surface area contributed by atoms with Crippen LogP contribution in [0.5, 0.6) is 0 Å². The van der Waals surface area contributed by atoms with E-state index in [9.17, 15) is 4.79 Å². The number of benzene rings is 5. The molecule has 2 saturated carbocycles. The second-order valence-corrected chi connectivity index (χ2v) is 20.2. The molecule has 5 aromatic carbocycles. The van der Waals surface area contributed by atoms with E-state index in [4.69, 9.17) is 37.4 Å². The highest BCUT2D eigenvalue weighted by Crippen LogP contribution is 2.53. The molecule has 0 radical (unpaired) electrons. The first-order chi connectivity index (χ1) is 32.3. The first-order valence-electron chi connectivity index (χ1n) is 23.8. The lowest BCUT2D eigenvalue weighted by Gasteiger charge is -2.27. The molecule has 2 aliphatic carbocycles. The molecule has 0 bridgehead atoms. The Morgan fingerprint density at radius 3 is 1.42 bits per heavy atom. The van der Waals surface area contributed by atoms with E-state index >= 15 is 0 Å². The Morgan fingerprint density at radius 1 is 0.576 bits per heavy atom. The summed E-state index contributed by atoms with van der Waals surface area (Å²) >= 11 is 21.2. The molecule has 6 nitrogen and oxygen atoms in total. The molecular formula is C56H60Br2Cl2N2O4. The number of carbonyl (C=O) groups is 1. The summed E-state index contributed by atoms with van der Waals surface area (Å²) in [5.41, 5.74) is 6.91. The summed E-state index contributed by atoms with van der Waals surface area (Å²) in [4.78, 5) is 14.3. The van der Waals surface area contributed by atoms with Gasteiger partial charge in [-0.2, -0.15) is 0 Å². The number of carbonyl (C=O) groups excluding carboxylic acids is 1. The predicted molar refractivity (Wildman–Crippen MR) is 280 cm³/mol. The lowest BCUT2D eigenvalue weighted by Crippen LogP contribution is -2.23. The molecule has 2 N–H and O–H groups in total. The summed E-state index contributed by atoms with van der Waals surface area (Å²) in [5, 5.41) is 7.58. The quantitative estimate of drug-likeness (QED) is 0.0350. The van der Waals surface area contributed by atoms with Crippen LogP contribution < -0.4 is 10.6 Å². The number of anilines is 2. The van der Waals surface area contributed by atoms with Gasteiger partial charge in [0.15, 0.2) is 5.60 Å². The average Bonchev–Trinajstić information content (AvgIpc) is 3.65. The number of rotatable bonds is 20. The number of hydrogen-bond acceptors (Lipinski definition) is 6. The van der Waals surface area contributed by atoms with Crippen molar-refractivity contribution in [3.8, 4) is 0 Å². The van der Waals surface area contributed by atoms with Crippen LogP contribution in [-0.2, 0) is 19.8 Å². The van der Waals surface area contributed by atoms with Crippen molar-refractivity contribution in [1.82, 2.24) is 0 Å². The third-order valence-corrected chi connectivity index (χ3v) is 16.2. The van der Waals surface area contributed by atoms with Crippen molar-refractivity contribution in [2.24, 2.45) is 11.8 Å². The Bertz CT molecular complexity index is 2310. The van der Waals surface area contributed by atoms with E-state index in [0.29, 0.717) is 46.4 Å². The van der Waals surface area contributed by atoms with Crippen LogP contribution >= 0.6 is 55.1 Å². The number of esters is 1. The van der Waals surface area contributed by atoms with Crippen molar-refractivity contribution < 1.29 is 19.0 Å². The molecule has 0 unspecified atom stereocenters. The van der Waals surface area contributed by atoms with Gasteiger partial charge in [0.2, 0.25) is 0 Å². The van der Waals surface area contributed by atoms with Gasteiger partial charge in [-0.25, -0.2) is 4.79 Å². The van der Waals surface area contributed by atoms with Gasteiger partial charge in [0, 0.05) is 47.7 Å². The van der Waals surface area contributed by atoms with Gasteiger partial charge in [-0.3, -0.25) is 0 Å². The van der Waals surface area contributed by atoms with E-state index in [0.717, 1.165) is 82.7 Å². The third-order valence-electron chi connectivity index (χ3n) is 13.3. The van der Waals surface area contributed by atoms with Crippen LogP contribution in [0.25, 0.3) is 11.1 Å². The predicted octanol–water partition coefficient (Wildman–Crippen LogP) is 15.9. The fourth-order valence-electron chi connectivity index (χ4n) is 9.75. The minimum absolute atomic E-state index is 0.227. The smallest absolute Gasteiger partial charge is 0.341 e. The molecular weight excluding hydrogens is 995 g/mol. The fourth-order valence-corrected chi connectivity index (χ4v) is 11.6. The maximum atomic E-state index is 14.3. The topological polar surface area (TPSA) is 68.8 Å². The largest absolute Gasteiger partial charge is 0.442 e. The first-order valence-corrected chi connectivity index (χ1v) is 26.1. The summed E-state index contributed by atoms with van der Waals surface area (Å²) in [5.74, 6) is 1.10. The van der Waals surface area contributed by atoms with Gasteiger partial charge in [0.1, 0.15) is 0 Å². The zero-order chi connectivity index (χ0) is 45.7. The van der Waals surface area contributed by atoms with Gasteiger partial charge in [-0.1, -0.05) is 172 Å². The third kappa shape index (κ3) is 12.2. The lowest BCUT2D eigenvalue weighted by atomic mass is 9.83. The van der Waals surface area contributed by atoms with Gasteiger partial charge < -0.3 is 24.8 Å². The monoisotopic (exact) mass is 1050 g/mol. The van der Waals surface area contributed by atoms with E-state index in [-0.39, 0.29) is 10.0 Å². The number of nitrogens with one attached hydrogen (secondary N) is 2. The summed E-state index contributed by atoms with van der Waals surface area (Å²) in [7, 11) is 0. The number of hydrogen-bond donors (Lipinski definition) is 2. The number of halogens is 4. The van der Waals surface area contributed by atoms with Crippen molar-refractivity contribution in [2.45, 2.75) is 82.7 Å². The zero-order valence-electron chi connectivity index (χ0n) is 37.6. The van der Waals surface area contributed by atoms with E-state index in [1.165, 1.54) is 64.2 Å². The fraction of sp³-hybridized carbons (Fsp3) is 0.375. The summed E-state index contributed by atoms with van der Waals surface area (Å²) < 4.78 is 19.6. The maximum Gasteiger partial charge on any atom is 0.341 e. The molecule has 1 aliphatic heterocycles. The molecule has 0 amide bonds. The van der Waals surface area contributed by atoms with E-state index in [2.05, 4.69) is 115 Å². The van der Waals surface area contributed by atoms with Crippen LogP contribution in [0.3, 0.4) is 0 Å². The van der Waals surface area contributed by atoms with Crippen LogP contribution in [0.2, 0.25) is 10.0 Å². The molecule has 0 saturated heterocycles. The Morgan fingerprint density at radius 2 is 0.985 bits per heavy atom. The van der Waals surface area contributed by atoms with E-state index in [1.54, 1.807) is 0 Å².